The van der Waals surface area contributed by atoms with E-state index in [1.807, 2.05) is 43.3 Å². The molecule has 3 aromatic carbocycles. The summed E-state index contributed by atoms with van der Waals surface area (Å²) < 4.78 is 5.42. The van der Waals surface area contributed by atoms with Crippen LogP contribution in [0.25, 0.3) is 10.9 Å². The Hall–Kier alpha value is -3.64. The predicted octanol–water partition coefficient (Wildman–Crippen LogP) is 5.68. The molecule has 4 aromatic rings. The van der Waals surface area contributed by atoms with E-state index in [4.69, 9.17) is 16.3 Å². The summed E-state index contributed by atoms with van der Waals surface area (Å²) in [5.41, 5.74) is 2.11. The van der Waals surface area contributed by atoms with Gasteiger partial charge in [-0.1, -0.05) is 23.7 Å². The van der Waals surface area contributed by atoms with Crippen LogP contribution in [0.1, 0.15) is 17.5 Å². The molecule has 0 aliphatic heterocycles. The third kappa shape index (κ3) is 4.50. The maximum Gasteiger partial charge on any atom is 0.293 e. The number of carbonyl (C=O) groups excluding carboxylic acids is 1. The summed E-state index contributed by atoms with van der Waals surface area (Å²) in [5, 5.41) is 7.53. The molecule has 0 bridgehead atoms. The zero-order valence-corrected chi connectivity index (χ0v) is 17.0. The van der Waals surface area contributed by atoms with Crippen LogP contribution in [0.3, 0.4) is 0 Å². The highest BCUT2D eigenvalue weighted by Crippen LogP contribution is 2.25. The Morgan fingerprint density at radius 1 is 0.933 bits per heavy atom. The minimum Gasteiger partial charge on any atom is -0.494 e. The predicted molar refractivity (Wildman–Crippen MR) is 120 cm³/mol. The highest BCUT2D eigenvalue weighted by molar-refractivity contribution is 6.30. The minimum atomic E-state index is -0.399. The second-order valence-corrected chi connectivity index (χ2v) is 6.89. The van der Waals surface area contributed by atoms with Gasteiger partial charge in [-0.15, -0.1) is 0 Å². The van der Waals surface area contributed by atoms with Crippen molar-refractivity contribution < 1.29 is 9.53 Å². The van der Waals surface area contributed by atoms with Gasteiger partial charge in [-0.2, -0.15) is 0 Å². The number of amides is 1. The van der Waals surface area contributed by atoms with Crippen LogP contribution in [0.2, 0.25) is 5.02 Å². The lowest BCUT2D eigenvalue weighted by Crippen LogP contribution is -2.16. The zero-order chi connectivity index (χ0) is 20.9. The summed E-state index contributed by atoms with van der Waals surface area (Å²) in [7, 11) is 0. The lowest BCUT2D eigenvalue weighted by Gasteiger charge is -2.11. The fourth-order valence-electron chi connectivity index (χ4n) is 2.93. The van der Waals surface area contributed by atoms with Crippen molar-refractivity contribution in [1.29, 1.82) is 0 Å². The van der Waals surface area contributed by atoms with Gasteiger partial charge in [-0.25, -0.2) is 9.97 Å². The number of halogens is 1. The third-order valence-corrected chi connectivity index (χ3v) is 4.59. The molecule has 30 heavy (non-hydrogen) atoms. The number of ether oxygens (including phenoxy) is 1. The lowest BCUT2D eigenvalue weighted by molar-refractivity contribution is 0.101. The molecule has 4 rings (SSSR count). The Bertz CT molecular complexity index is 1180. The Morgan fingerprint density at radius 2 is 1.63 bits per heavy atom. The largest absolute Gasteiger partial charge is 0.494 e. The molecule has 6 nitrogen and oxygen atoms in total. The second-order valence-electron chi connectivity index (χ2n) is 6.46. The van der Waals surface area contributed by atoms with E-state index in [0.717, 1.165) is 16.8 Å². The number of carbonyl (C=O) groups is 1. The van der Waals surface area contributed by atoms with Gasteiger partial charge in [0.15, 0.2) is 0 Å². The van der Waals surface area contributed by atoms with Gasteiger partial charge in [0.25, 0.3) is 5.91 Å². The summed E-state index contributed by atoms with van der Waals surface area (Å²) >= 11 is 5.97. The summed E-state index contributed by atoms with van der Waals surface area (Å²) in [6.07, 6.45) is 0. The molecule has 0 unspecified atom stereocenters. The smallest absolute Gasteiger partial charge is 0.293 e. The minimum absolute atomic E-state index is 0.0686. The summed E-state index contributed by atoms with van der Waals surface area (Å²) in [4.78, 5) is 21.7. The average molecular weight is 419 g/mol. The number of nitrogens with zero attached hydrogens (tertiary/aromatic N) is 2. The van der Waals surface area contributed by atoms with E-state index in [-0.39, 0.29) is 5.82 Å². The fraction of sp³-hybridized carbons (Fsp3) is 0.0870. The number of nitrogens with one attached hydrogen (secondary N) is 2. The Morgan fingerprint density at radius 3 is 2.37 bits per heavy atom. The Balaban J connectivity index is 1.63. The van der Waals surface area contributed by atoms with E-state index < -0.39 is 5.91 Å². The Labute approximate surface area is 178 Å². The van der Waals surface area contributed by atoms with Gasteiger partial charge >= 0.3 is 0 Å². The van der Waals surface area contributed by atoms with Crippen molar-refractivity contribution in [3.05, 3.63) is 83.6 Å². The van der Waals surface area contributed by atoms with Crippen molar-refractivity contribution in [2.24, 2.45) is 0 Å². The quantitative estimate of drug-likeness (QED) is 0.421. The normalized spacial score (nSPS) is 10.6. The molecule has 0 radical (unpaired) electrons. The lowest BCUT2D eigenvalue weighted by atomic mass is 10.2. The van der Waals surface area contributed by atoms with Gasteiger partial charge in [0.2, 0.25) is 5.82 Å². The van der Waals surface area contributed by atoms with Crippen molar-refractivity contribution in [3.8, 4) is 5.75 Å². The van der Waals surface area contributed by atoms with Crippen molar-refractivity contribution in [2.75, 3.05) is 17.2 Å². The molecular formula is C23H19ClN4O2. The van der Waals surface area contributed by atoms with E-state index in [9.17, 15) is 4.79 Å². The maximum atomic E-state index is 12.8. The summed E-state index contributed by atoms with van der Waals surface area (Å²) in [5.74, 6) is 0.954. The molecule has 150 valence electrons. The van der Waals surface area contributed by atoms with E-state index in [1.165, 1.54) is 0 Å². The van der Waals surface area contributed by atoms with Gasteiger partial charge in [0.1, 0.15) is 11.6 Å². The van der Waals surface area contributed by atoms with Crippen molar-refractivity contribution in [3.63, 3.8) is 0 Å². The van der Waals surface area contributed by atoms with Gasteiger partial charge in [-0.05, 0) is 67.6 Å². The van der Waals surface area contributed by atoms with E-state index in [0.29, 0.717) is 28.7 Å². The van der Waals surface area contributed by atoms with Crippen molar-refractivity contribution >= 4 is 45.6 Å². The molecule has 0 saturated heterocycles. The number of anilines is 3. The van der Waals surface area contributed by atoms with Gasteiger partial charge in [-0.3, -0.25) is 4.79 Å². The summed E-state index contributed by atoms with van der Waals surface area (Å²) in [6.45, 7) is 2.50. The Kier molecular flexibility index (Phi) is 5.77. The van der Waals surface area contributed by atoms with Gasteiger partial charge in [0, 0.05) is 21.8 Å². The van der Waals surface area contributed by atoms with Gasteiger partial charge < -0.3 is 15.4 Å². The number of hydrogen-bond acceptors (Lipinski definition) is 5. The first-order valence-electron chi connectivity index (χ1n) is 9.46. The second kappa shape index (κ2) is 8.80. The number of benzene rings is 3. The van der Waals surface area contributed by atoms with Crippen LogP contribution in [0.5, 0.6) is 5.75 Å². The van der Waals surface area contributed by atoms with Crippen molar-refractivity contribution in [1.82, 2.24) is 9.97 Å². The van der Waals surface area contributed by atoms with E-state index in [1.54, 1.807) is 36.4 Å². The SMILES string of the molecule is CCOc1ccc(NC(=O)c2nc(Nc3ccc(Cl)cc3)c3ccccc3n2)cc1. The molecule has 2 N–H and O–H groups in total. The molecule has 1 aromatic heterocycles. The highest BCUT2D eigenvalue weighted by atomic mass is 35.5. The standard InChI is InChI=1S/C23H19ClN4O2/c1-2-30-18-13-11-17(12-14-18)26-23(29)22-27-20-6-4-3-5-19(20)21(28-22)25-16-9-7-15(24)8-10-16/h3-14H,2H2,1H3,(H,26,29)(H,25,27,28). The maximum absolute atomic E-state index is 12.8. The molecule has 0 fully saturated rings. The number of fused-ring (bicyclic) bond motifs is 1. The van der Waals surface area contributed by atoms with Crippen LogP contribution in [-0.2, 0) is 0 Å². The molecule has 1 amide bonds. The molecule has 0 aliphatic carbocycles. The van der Waals surface area contributed by atoms with Crippen LogP contribution in [0, 0.1) is 0 Å². The van der Waals surface area contributed by atoms with Crippen LogP contribution >= 0.6 is 11.6 Å². The zero-order valence-electron chi connectivity index (χ0n) is 16.2. The molecule has 0 saturated carbocycles. The third-order valence-electron chi connectivity index (χ3n) is 4.34. The van der Waals surface area contributed by atoms with Crippen LogP contribution in [0.15, 0.2) is 72.8 Å². The monoisotopic (exact) mass is 418 g/mol. The molecular weight excluding hydrogens is 400 g/mol. The van der Waals surface area contributed by atoms with Crippen LogP contribution < -0.4 is 15.4 Å². The molecule has 0 spiro atoms. The molecule has 1 heterocycles. The van der Waals surface area contributed by atoms with Crippen LogP contribution in [0.4, 0.5) is 17.2 Å². The number of aromatic nitrogens is 2. The number of rotatable bonds is 6. The number of para-hydroxylation sites is 1. The van der Waals surface area contributed by atoms with Gasteiger partial charge in [0.05, 0.1) is 12.1 Å². The first-order chi connectivity index (χ1) is 14.6. The first-order valence-corrected chi connectivity index (χ1v) is 9.84. The first kappa shape index (κ1) is 19.7. The molecule has 0 aliphatic rings. The average Bonchev–Trinajstić information content (AvgIpc) is 2.77. The topological polar surface area (TPSA) is 76.1 Å². The van der Waals surface area contributed by atoms with Crippen LogP contribution in [-0.4, -0.2) is 22.5 Å². The summed E-state index contributed by atoms with van der Waals surface area (Å²) in [6, 6.07) is 21.9. The van der Waals surface area contributed by atoms with E-state index in [2.05, 4.69) is 20.6 Å². The fourth-order valence-corrected chi connectivity index (χ4v) is 3.06. The molecule has 0 atom stereocenters. The molecule has 7 heteroatoms. The van der Waals surface area contributed by atoms with E-state index >= 15 is 0 Å². The van der Waals surface area contributed by atoms with Crippen molar-refractivity contribution in [2.45, 2.75) is 6.92 Å². The number of hydrogen-bond donors (Lipinski definition) is 2. The highest BCUT2D eigenvalue weighted by Gasteiger charge is 2.15.